The second kappa shape index (κ2) is 4.82. The van der Waals surface area contributed by atoms with E-state index in [-0.39, 0.29) is 0 Å². The van der Waals surface area contributed by atoms with Crippen molar-refractivity contribution in [1.82, 2.24) is 9.97 Å². The van der Waals surface area contributed by atoms with Gasteiger partial charge in [0.15, 0.2) is 0 Å². The van der Waals surface area contributed by atoms with Crippen LogP contribution in [0.4, 0.5) is 0 Å². The highest BCUT2D eigenvalue weighted by Gasteiger charge is 2.41. The number of hydrogen-bond donors (Lipinski definition) is 1. The quantitative estimate of drug-likeness (QED) is 0.871. The van der Waals surface area contributed by atoms with Crippen LogP contribution < -0.4 is 0 Å². The third-order valence-corrected chi connectivity index (χ3v) is 3.80. The Morgan fingerprint density at radius 3 is 2.53 bits per heavy atom. The molecule has 4 nitrogen and oxygen atoms in total. The van der Waals surface area contributed by atoms with E-state index in [1.807, 2.05) is 0 Å². The van der Waals surface area contributed by atoms with Crippen molar-refractivity contribution in [3.8, 4) is 0 Å². The van der Waals surface area contributed by atoms with Crippen LogP contribution in [0.2, 0.25) is 0 Å². The number of carboxylic acid groups (broad SMARTS) is 1. The molecule has 2 rings (SSSR count). The summed E-state index contributed by atoms with van der Waals surface area (Å²) in [4.78, 5) is 19.8. The van der Waals surface area contributed by atoms with Crippen LogP contribution >= 0.6 is 0 Å². The molecular formula is C13H18N2O2. The van der Waals surface area contributed by atoms with Crippen molar-refractivity contribution in [3.05, 3.63) is 24.3 Å². The van der Waals surface area contributed by atoms with Crippen LogP contribution in [-0.2, 0) is 11.2 Å². The van der Waals surface area contributed by atoms with Gasteiger partial charge in [0, 0.05) is 18.8 Å². The Balaban J connectivity index is 2.15. The zero-order valence-corrected chi connectivity index (χ0v) is 10.1. The molecule has 1 aromatic heterocycles. The Hall–Kier alpha value is -1.45. The lowest BCUT2D eigenvalue weighted by molar-refractivity contribution is -0.151. The molecule has 1 fully saturated rings. The Kier molecular flexibility index (Phi) is 3.41. The first kappa shape index (κ1) is 12.0. The molecule has 1 N–H and O–H groups in total. The molecule has 1 aromatic rings. The first-order valence-corrected chi connectivity index (χ1v) is 6.12. The van der Waals surface area contributed by atoms with Gasteiger partial charge in [-0.25, -0.2) is 9.97 Å². The molecule has 0 aliphatic heterocycles. The minimum Gasteiger partial charge on any atom is -0.481 e. The molecule has 17 heavy (non-hydrogen) atoms. The van der Waals surface area contributed by atoms with E-state index in [1.165, 1.54) is 0 Å². The number of hydrogen-bond acceptors (Lipinski definition) is 3. The molecule has 0 aromatic carbocycles. The molecule has 0 atom stereocenters. The van der Waals surface area contributed by atoms with E-state index in [4.69, 9.17) is 0 Å². The number of nitrogens with zero attached hydrogens (tertiary/aromatic N) is 2. The first-order valence-electron chi connectivity index (χ1n) is 6.12. The fourth-order valence-electron chi connectivity index (χ4n) is 2.50. The third-order valence-electron chi connectivity index (χ3n) is 3.80. The number of aromatic nitrogens is 2. The summed E-state index contributed by atoms with van der Waals surface area (Å²) < 4.78 is 0. The monoisotopic (exact) mass is 234 g/mol. The SMILES string of the molecule is CC1CCC(Cc2ncccn2)(C(=O)O)CC1. The number of carboxylic acids is 1. The van der Waals surface area contributed by atoms with Crippen LogP contribution in [0.1, 0.15) is 38.4 Å². The molecule has 1 heterocycles. The Morgan fingerprint density at radius 2 is 2.00 bits per heavy atom. The van der Waals surface area contributed by atoms with Crippen molar-refractivity contribution in [2.24, 2.45) is 11.3 Å². The van der Waals surface area contributed by atoms with Gasteiger partial charge in [0.2, 0.25) is 0 Å². The Labute approximate surface area is 101 Å². The van der Waals surface area contributed by atoms with Crippen molar-refractivity contribution in [1.29, 1.82) is 0 Å². The molecule has 0 bridgehead atoms. The van der Waals surface area contributed by atoms with Gasteiger partial charge >= 0.3 is 5.97 Å². The fourth-order valence-corrected chi connectivity index (χ4v) is 2.50. The van der Waals surface area contributed by atoms with Crippen molar-refractivity contribution in [2.45, 2.75) is 39.0 Å². The highest BCUT2D eigenvalue weighted by Crippen LogP contribution is 2.41. The summed E-state index contributed by atoms with van der Waals surface area (Å²) >= 11 is 0. The Morgan fingerprint density at radius 1 is 1.41 bits per heavy atom. The van der Waals surface area contributed by atoms with Gasteiger partial charge in [-0.3, -0.25) is 4.79 Å². The highest BCUT2D eigenvalue weighted by atomic mass is 16.4. The van der Waals surface area contributed by atoms with Crippen molar-refractivity contribution in [3.63, 3.8) is 0 Å². The predicted octanol–water partition coefficient (Wildman–Crippen LogP) is 2.30. The van der Waals surface area contributed by atoms with Crippen LogP contribution in [0.25, 0.3) is 0 Å². The van der Waals surface area contributed by atoms with Gasteiger partial charge in [-0.05, 0) is 37.7 Å². The largest absolute Gasteiger partial charge is 0.481 e. The van der Waals surface area contributed by atoms with E-state index < -0.39 is 11.4 Å². The standard InChI is InChI=1S/C13H18N2O2/c1-10-3-5-13(6-4-10,12(16)17)9-11-14-7-2-8-15-11/h2,7-8,10H,3-6,9H2,1H3,(H,16,17). The summed E-state index contributed by atoms with van der Waals surface area (Å²) in [5, 5.41) is 9.48. The molecular weight excluding hydrogens is 216 g/mol. The minimum atomic E-state index is -0.697. The number of carbonyl (C=O) groups is 1. The van der Waals surface area contributed by atoms with E-state index in [0.717, 1.165) is 25.7 Å². The smallest absolute Gasteiger partial charge is 0.310 e. The molecule has 1 aliphatic rings. The molecule has 92 valence electrons. The zero-order valence-electron chi connectivity index (χ0n) is 10.1. The van der Waals surface area contributed by atoms with Crippen molar-refractivity contribution >= 4 is 5.97 Å². The lowest BCUT2D eigenvalue weighted by Gasteiger charge is -2.35. The van der Waals surface area contributed by atoms with Gasteiger partial charge in [-0.15, -0.1) is 0 Å². The van der Waals surface area contributed by atoms with Gasteiger partial charge < -0.3 is 5.11 Å². The van der Waals surface area contributed by atoms with E-state index in [0.29, 0.717) is 18.2 Å². The average Bonchev–Trinajstić information content (AvgIpc) is 2.33. The molecule has 0 radical (unpaired) electrons. The average molecular weight is 234 g/mol. The van der Waals surface area contributed by atoms with E-state index in [9.17, 15) is 9.90 Å². The van der Waals surface area contributed by atoms with Gasteiger partial charge in [0.1, 0.15) is 5.82 Å². The highest BCUT2D eigenvalue weighted by molar-refractivity contribution is 5.75. The molecule has 0 unspecified atom stereocenters. The number of aliphatic carboxylic acids is 1. The first-order chi connectivity index (χ1) is 8.12. The molecule has 0 spiro atoms. The van der Waals surface area contributed by atoms with Gasteiger partial charge in [0.25, 0.3) is 0 Å². The summed E-state index contributed by atoms with van der Waals surface area (Å²) in [6.45, 7) is 2.19. The minimum absolute atomic E-state index is 0.454. The third kappa shape index (κ3) is 2.62. The molecule has 1 aliphatic carbocycles. The zero-order chi connectivity index (χ0) is 12.3. The van der Waals surface area contributed by atoms with Gasteiger partial charge in [-0.2, -0.15) is 0 Å². The second-order valence-corrected chi connectivity index (χ2v) is 5.11. The van der Waals surface area contributed by atoms with Crippen molar-refractivity contribution < 1.29 is 9.90 Å². The summed E-state index contributed by atoms with van der Waals surface area (Å²) in [6.07, 6.45) is 7.24. The fraction of sp³-hybridized carbons (Fsp3) is 0.615. The van der Waals surface area contributed by atoms with Crippen LogP contribution in [-0.4, -0.2) is 21.0 Å². The molecule has 4 heteroatoms. The van der Waals surface area contributed by atoms with E-state index in [2.05, 4.69) is 16.9 Å². The summed E-state index contributed by atoms with van der Waals surface area (Å²) in [5.74, 6) is 0.584. The van der Waals surface area contributed by atoms with E-state index >= 15 is 0 Å². The molecule has 0 amide bonds. The maximum Gasteiger partial charge on any atom is 0.310 e. The van der Waals surface area contributed by atoms with Crippen LogP contribution in [0.5, 0.6) is 0 Å². The molecule has 0 saturated heterocycles. The maximum atomic E-state index is 11.5. The predicted molar refractivity (Wildman–Crippen MR) is 63.4 cm³/mol. The maximum absolute atomic E-state index is 11.5. The van der Waals surface area contributed by atoms with E-state index in [1.54, 1.807) is 18.5 Å². The lowest BCUT2D eigenvalue weighted by atomic mass is 9.69. The number of rotatable bonds is 3. The Bertz CT molecular complexity index is 384. The van der Waals surface area contributed by atoms with Gasteiger partial charge in [-0.1, -0.05) is 6.92 Å². The van der Waals surface area contributed by atoms with Crippen LogP contribution in [0.15, 0.2) is 18.5 Å². The van der Waals surface area contributed by atoms with Crippen LogP contribution in [0, 0.1) is 11.3 Å². The van der Waals surface area contributed by atoms with Crippen molar-refractivity contribution in [2.75, 3.05) is 0 Å². The topological polar surface area (TPSA) is 63.1 Å². The van der Waals surface area contributed by atoms with Gasteiger partial charge in [0.05, 0.1) is 5.41 Å². The lowest BCUT2D eigenvalue weighted by Crippen LogP contribution is -2.37. The normalized spacial score (nSPS) is 28.9. The molecule has 1 saturated carbocycles. The summed E-state index contributed by atoms with van der Waals surface area (Å²) in [5.41, 5.74) is -0.645. The summed E-state index contributed by atoms with van der Waals surface area (Å²) in [7, 11) is 0. The summed E-state index contributed by atoms with van der Waals surface area (Å²) in [6, 6.07) is 1.75. The second-order valence-electron chi connectivity index (χ2n) is 5.11. The van der Waals surface area contributed by atoms with Crippen LogP contribution in [0.3, 0.4) is 0 Å².